The van der Waals surface area contributed by atoms with E-state index in [9.17, 15) is 4.57 Å². The summed E-state index contributed by atoms with van der Waals surface area (Å²) >= 11 is 5.59. The number of rotatable bonds is 8. The van der Waals surface area contributed by atoms with Crippen molar-refractivity contribution in [3.63, 3.8) is 0 Å². The van der Waals surface area contributed by atoms with Crippen molar-refractivity contribution in [2.45, 2.75) is 65.7 Å². The first-order valence-corrected chi connectivity index (χ1v) is 10.6. The minimum Gasteiger partial charge on any atom is -0.311 e. The topological polar surface area (TPSA) is 26.3 Å². The minimum absolute atomic E-state index is 0.0112. The first-order valence-electron chi connectivity index (χ1n) is 6.32. The van der Waals surface area contributed by atoms with Crippen LogP contribution in [0.1, 0.15) is 54.4 Å². The maximum absolute atomic E-state index is 12.2. The lowest BCUT2D eigenvalue weighted by Gasteiger charge is -2.22. The predicted molar refractivity (Wildman–Crippen MR) is 83.1 cm³/mol. The van der Waals surface area contributed by atoms with Crippen LogP contribution in [-0.4, -0.2) is 11.4 Å². The third-order valence-corrected chi connectivity index (χ3v) is 6.95. The van der Waals surface area contributed by atoms with Crippen LogP contribution in [0.4, 0.5) is 0 Å². The molecule has 0 aromatic heterocycles. The number of hydrogen-bond acceptors (Lipinski definition) is 3. The van der Waals surface area contributed by atoms with E-state index in [1.165, 1.54) is 11.4 Å². The van der Waals surface area contributed by atoms with Gasteiger partial charge in [-0.2, -0.15) is 0 Å². The molecule has 2 nitrogen and oxygen atoms in total. The van der Waals surface area contributed by atoms with Crippen molar-refractivity contribution in [1.29, 1.82) is 0 Å². The molecule has 0 aliphatic rings. The Bertz CT molecular complexity index is 235. The van der Waals surface area contributed by atoms with Crippen molar-refractivity contribution in [3.8, 4) is 0 Å². The molecule has 0 N–H and O–H groups in total. The van der Waals surface area contributed by atoms with Gasteiger partial charge in [-0.05, 0) is 31.6 Å². The SMILES string of the molecule is CC(C)CC(C)OP(=O)(S)SC(C)CC(C)C. The van der Waals surface area contributed by atoms with Crippen LogP contribution in [0.2, 0.25) is 0 Å². The van der Waals surface area contributed by atoms with Crippen LogP contribution in [0.15, 0.2) is 0 Å². The van der Waals surface area contributed by atoms with Crippen LogP contribution in [0.3, 0.4) is 0 Å². The molecule has 17 heavy (non-hydrogen) atoms. The highest BCUT2D eigenvalue weighted by molar-refractivity contribution is 8.84. The molecule has 0 aliphatic heterocycles. The molecule has 3 unspecified atom stereocenters. The largest absolute Gasteiger partial charge is 0.311 e. The molecule has 0 radical (unpaired) electrons. The van der Waals surface area contributed by atoms with Gasteiger partial charge in [-0.25, -0.2) is 0 Å². The molecule has 3 atom stereocenters. The van der Waals surface area contributed by atoms with Crippen molar-refractivity contribution in [2.24, 2.45) is 11.8 Å². The third kappa shape index (κ3) is 10.5. The Labute approximate surface area is 116 Å². The highest BCUT2D eigenvalue weighted by atomic mass is 33.1. The molecule has 0 rings (SSSR count). The molecule has 0 spiro atoms. The van der Waals surface area contributed by atoms with E-state index >= 15 is 0 Å². The molecule has 0 aromatic carbocycles. The van der Waals surface area contributed by atoms with E-state index in [1.807, 2.05) is 6.92 Å². The Balaban J connectivity index is 4.14. The van der Waals surface area contributed by atoms with Crippen LogP contribution in [0, 0.1) is 11.8 Å². The first kappa shape index (κ1) is 17.9. The lowest BCUT2D eigenvalue weighted by atomic mass is 10.1. The molecule has 5 heteroatoms. The van der Waals surface area contributed by atoms with Gasteiger partial charge in [0, 0.05) is 5.25 Å². The second-order valence-electron chi connectivity index (χ2n) is 5.56. The summed E-state index contributed by atoms with van der Waals surface area (Å²) < 4.78 is 17.8. The summed E-state index contributed by atoms with van der Waals surface area (Å²) in [6.45, 7) is 12.7. The van der Waals surface area contributed by atoms with E-state index in [-0.39, 0.29) is 6.10 Å². The van der Waals surface area contributed by atoms with Crippen molar-refractivity contribution >= 4 is 29.4 Å². The summed E-state index contributed by atoms with van der Waals surface area (Å²) in [5.74, 6) is -1.64. The second-order valence-corrected chi connectivity index (χ2v) is 12.2. The lowest BCUT2D eigenvalue weighted by Crippen LogP contribution is -2.09. The van der Waals surface area contributed by atoms with Crippen LogP contribution >= 0.6 is 29.4 Å². The highest BCUT2D eigenvalue weighted by Crippen LogP contribution is 2.66. The molecule has 0 amide bonds. The molecule has 0 aromatic rings. The van der Waals surface area contributed by atoms with Gasteiger partial charge < -0.3 is 4.52 Å². The maximum atomic E-state index is 12.2. The molecule has 0 saturated heterocycles. The maximum Gasteiger partial charge on any atom is 0.310 e. The van der Waals surface area contributed by atoms with Gasteiger partial charge in [0.05, 0.1) is 6.10 Å². The molecule has 0 bridgehead atoms. The quantitative estimate of drug-likeness (QED) is 0.463. The zero-order valence-electron chi connectivity index (χ0n) is 11.8. The van der Waals surface area contributed by atoms with E-state index in [0.29, 0.717) is 17.1 Å². The second kappa shape index (κ2) is 8.14. The van der Waals surface area contributed by atoms with E-state index < -0.39 is 5.77 Å². The van der Waals surface area contributed by atoms with Crippen LogP contribution in [0.5, 0.6) is 0 Å². The Morgan fingerprint density at radius 1 is 1.06 bits per heavy atom. The minimum atomic E-state index is -2.81. The monoisotopic (exact) mass is 298 g/mol. The average molecular weight is 298 g/mol. The van der Waals surface area contributed by atoms with Crippen molar-refractivity contribution in [2.75, 3.05) is 0 Å². The summed E-state index contributed by atoms with van der Waals surface area (Å²) in [5.41, 5.74) is 0. The van der Waals surface area contributed by atoms with Crippen LogP contribution in [-0.2, 0) is 9.09 Å². The molecule has 0 saturated carbocycles. The summed E-state index contributed by atoms with van der Waals surface area (Å²) in [6.07, 6.45) is 1.97. The normalized spacial score (nSPS) is 19.4. The zero-order valence-corrected chi connectivity index (χ0v) is 14.4. The molecular weight excluding hydrogens is 271 g/mol. The van der Waals surface area contributed by atoms with Crippen molar-refractivity contribution in [1.82, 2.24) is 0 Å². The Kier molecular flexibility index (Phi) is 8.57. The van der Waals surface area contributed by atoms with Crippen molar-refractivity contribution in [3.05, 3.63) is 0 Å². The zero-order chi connectivity index (χ0) is 13.6. The standard InChI is InChI=1S/C12H27O2PS2/c1-9(2)7-11(5)14-15(13,16)17-12(6)8-10(3)4/h9-12H,7-8H2,1-6H3,(H,13,16). The fourth-order valence-corrected chi connectivity index (χ4v) is 7.55. The summed E-state index contributed by atoms with van der Waals surface area (Å²) in [6, 6.07) is 0. The molecule has 104 valence electrons. The van der Waals surface area contributed by atoms with E-state index in [2.05, 4.69) is 46.9 Å². The van der Waals surface area contributed by atoms with E-state index in [4.69, 9.17) is 4.52 Å². The summed E-state index contributed by atoms with van der Waals surface area (Å²) in [4.78, 5) is 0. The van der Waals surface area contributed by atoms with Gasteiger partial charge in [0.25, 0.3) is 0 Å². The number of thiol groups is 1. The summed E-state index contributed by atoms with van der Waals surface area (Å²) in [5, 5.41) is 0.324. The average Bonchev–Trinajstić information content (AvgIpc) is 1.95. The van der Waals surface area contributed by atoms with Gasteiger partial charge in [-0.15, -0.1) is 0 Å². The Morgan fingerprint density at radius 2 is 1.53 bits per heavy atom. The lowest BCUT2D eigenvalue weighted by molar-refractivity contribution is 0.209. The molecular formula is C12H27O2PS2. The van der Waals surface area contributed by atoms with Gasteiger partial charge >= 0.3 is 5.77 Å². The van der Waals surface area contributed by atoms with Gasteiger partial charge in [-0.1, -0.05) is 58.2 Å². The third-order valence-electron chi connectivity index (χ3n) is 2.23. The van der Waals surface area contributed by atoms with Crippen LogP contribution < -0.4 is 0 Å². The number of hydrogen-bond donors (Lipinski definition) is 1. The predicted octanol–water partition coefficient (Wildman–Crippen LogP) is 5.64. The highest BCUT2D eigenvalue weighted by Gasteiger charge is 2.25. The van der Waals surface area contributed by atoms with Gasteiger partial charge in [0.2, 0.25) is 0 Å². The van der Waals surface area contributed by atoms with Crippen LogP contribution in [0.25, 0.3) is 0 Å². The molecule has 0 heterocycles. The first-order chi connectivity index (χ1) is 7.62. The van der Waals surface area contributed by atoms with Gasteiger partial charge in [-0.3, -0.25) is 4.57 Å². The Hall–Kier alpha value is 0.890. The smallest absolute Gasteiger partial charge is 0.310 e. The van der Waals surface area contributed by atoms with E-state index in [1.54, 1.807) is 0 Å². The summed E-state index contributed by atoms with van der Waals surface area (Å²) in [7, 11) is 0. The van der Waals surface area contributed by atoms with Crippen molar-refractivity contribution < 1.29 is 9.09 Å². The molecule has 0 aliphatic carbocycles. The molecule has 0 fully saturated rings. The fourth-order valence-electron chi connectivity index (χ4n) is 1.89. The Morgan fingerprint density at radius 3 is 1.94 bits per heavy atom. The van der Waals surface area contributed by atoms with E-state index in [0.717, 1.165) is 12.8 Å². The van der Waals surface area contributed by atoms with Gasteiger partial charge in [0.15, 0.2) is 0 Å². The fraction of sp³-hybridized carbons (Fsp3) is 1.00. The van der Waals surface area contributed by atoms with Gasteiger partial charge in [0.1, 0.15) is 0 Å².